The van der Waals surface area contributed by atoms with Gasteiger partial charge in [-0.15, -0.1) is 0 Å². The maximum absolute atomic E-state index is 14.0. The summed E-state index contributed by atoms with van der Waals surface area (Å²) in [5.41, 5.74) is -3.57. The number of nitrogens with zero attached hydrogens (tertiary/aromatic N) is 1. The van der Waals surface area contributed by atoms with E-state index in [0.29, 0.717) is 58.4 Å². The first-order chi connectivity index (χ1) is 16.3. The predicted molar refractivity (Wildman–Crippen MR) is 119 cm³/mol. The number of ether oxygens (including phenoxy) is 1. The lowest BCUT2D eigenvalue weighted by atomic mass is 9.71. The highest BCUT2D eigenvalue weighted by Gasteiger charge is 2.43. The molecule has 2 heterocycles. The molecule has 10 heteroatoms. The van der Waals surface area contributed by atoms with E-state index in [4.69, 9.17) is 4.74 Å². The Morgan fingerprint density at radius 1 is 1.03 bits per heavy atom. The number of nitrogens with one attached hydrogen (secondary N) is 1. The van der Waals surface area contributed by atoms with Gasteiger partial charge in [0.15, 0.2) is 0 Å². The van der Waals surface area contributed by atoms with E-state index in [1.54, 1.807) is 0 Å². The zero-order chi connectivity index (χ0) is 25.9. The summed E-state index contributed by atoms with van der Waals surface area (Å²) in [6.07, 6.45) is -6.68. The number of halogens is 6. The van der Waals surface area contributed by atoms with Crippen molar-refractivity contribution in [2.75, 3.05) is 32.8 Å². The van der Waals surface area contributed by atoms with Crippen LogP contribution in [0.1, 0.15) is 62.6 Å². The van der Waals surface area contributed by atoms with Crippen LogP contribution >= 0.6 is 0 Å². The number of hydrogen-bond donors (Lipinski definition) is 1. The van der Waals surface area contributed by atoms with Crippen molar-refractivity contribution in [3.05, 3.63) is 34.9 Å². The normalized spacial score (nSPS) is 19.7. The van der Waals surface area contributed by atoms with Crippen LogP contribution in [0.4, 0.5) is 26.3 Å². The minimum absolute atomic E-state index is 0.0819. The standard InChI is InChI=1S/C25H34F6N2O2/c1-17(2)14-23(5-7-32-8-6-23)22(34)33(15-18-3-9-35-10-4-18)16-19-11-20(24(26,27)28)13-21(12-19)25(29,30)31/h11-13,17-18,32H,3-10,14-16H2,1-2H3. The quantitative estimate of drug-likeness (QED) is 0.467. The molecule has 0 bridgehead atoms. The summed E-state index contributed by atoms with van der Waals surface area (Å²) in [5.74, 6) is 0.121. The van der Waals surface area contributed by atoms with E-state index >= 15 is 0 Å². The molecule has 0 spiro atoms. The topological polar surface area (TPSA) is 41.6 Å². The maximum Gasteiger partial charge on any atom is 0.416 e. The average molecular weight is 509 g/mol. The molecule has 4 nitrogen and oxygen atoms in total. The van der Waals surface area contributed by atoms with E-state index in [2.05, 4.69) is 5.32 Å². The molecule has 0 unspecified atom stereocenters. The Kier molecular flexibility index (Phi) is 8.78. The van der Waals surface area contributed by atoms with Crippen molar-refractivity contribution in [1.29, 1.82) is 0 Å². The van der Waals surface area contributed by atoms with E-state index in [-0.39, 0.29) is 42.5 Å². The van der Waals surface area contributed by atoms with Gasteiger partial charge in [-0.05, 0) is 80.8 Å². The number of carbonyl (C=O) groups is 1. The molecule has 1 N–H and O–H groups in total. The molecule has 1 aromatic carbocycles. The highest BCUT2D eigenvalue weighted by molar-refractivity contribution is 5.83. The van der Waals surface area contributed by atoms with Gasteiger partial charge < -0.3 is 15.0 Å². The lowest BCUT2D eigenvalue weighted by Crippen LogP contribution is -2.51. The van der Waals surface area contributed by atoms with E-state index in [1.807, 2.05) is 13.8 Å². The van der Waals surface area contributed by atoms with E-state index in [9.17, 15) is 31.1 Å². The molecule has 2 aliphatic rings. The fraction of sp³-hybridized carbons (Fsp3) is 0.720. The Balaban J connectivity index is 1.99. The molecular formula is C25H34F6N2O2. The molecule has 2 aliphatic heterocycles. The number of carbonyl (C=O) groups excluding carboxylic acids is 1. The van der Waals surface area contributed by atoms with Crippen LogP contribution in [0.25, 0.3) is 0 Å². The fourth-order valence-electron chi connectivity index (χ4n) is 5.32. The van der Waals surface area contributed by atoms with Crippen LogP contribution in [0.15, 0.2) is 18.2 Å². The molecule has 0 atom stereocenters. The predicted octanol–water partition coefficient (Wildman–Crippen LogP) is 5.90. The Bertz CT molecular complexity index is 824. The molecule has 0 aromatic heterocycles. The monoisotopic (exact) mass is 508 g/mol. The zero-order valence-electron chi connectivity index (χ0n) is 20.2. The minimum Gasteiger partial charge on any atom is -0.381 e. The van der Waals surface area contributed by atoms with Gasteiger partial charge in [-0.3, -0.25) is 4.79 Å². The first-order valence-corrected chi connectivity index (χ1v) is 12.2. The summed E-state index contributed by atoms with van der Waals surface area (Å²) in [7, 11) is 0. The summed E-state index contributed by atoms with van der Waals surface area (Å²) in [6, 6.07) is 1.59. The summed E-state index contributed by atoms with van der Waals surface area (Å²) >= 11 is 0. The second kappa shape index (κ2) is 11.1. The van der Waals surface area contributed by atoms with Crippen molar-refractivity contribution in [1.82, 2.24) is 10.2 Å². The van der Waals surface area contributed by atoms with Crippen LogP contribution < -0.4 is 5.32 Å². The smallest absolute Gasteiger partial charge is 0.381 e. The van der Waals surface area contributed by atoms with Crippen molar-refractivity contribution >= 4 is 5.91 Å². The molecular weight excluding hydrogens is 474 g/mol. The number of rotatable bonds is 7. The Morgan fingerprint density at radius 3 is 2.06 bits per heavy atom. The molecule has 35 heavy (non-hydrogen) atoms. The number of amides is 1. The summed E-state index contributed by atoms with van der Waals surface area (Å²) in [4.78, 5) is 15.5. The van der Waals surface area contributed by atoms with Gasteiger partial charge in [0.1, 0.15) is 0 Å². The van der Waals surface area contributed by atoms with Gasteiger partial charge in [0.05, 0.1) is 16.5 Å². The van der Waals surface area contributed by atoms with Gasteiger partial charge in [-0.25, -0.2) is 0 Å². The van der Waals surface area contributed by atoms with Gasteiger partial charge >= 0.3 is 12.4 Å². The third kappa shape index (κ3) is 7.35. The largest absolute Gasteiger partial charge is 0.416 e. The summed E-state index contributed by atoms with van der Waals surface area (Å²) in [5, 5.41) is 3.25. The zero-order valence-corrected chi connectivity index (χ0v) is 20.2. The molecule has 0 aliphatic carbocycles. The number of hydrogen-bond acceptors (Lipinski definition) is 3. The van der Waals surface area contributed by atoms with Crippen molar-refractivity contribution < 1.29 is 35.9 Å². The highest BCUT2D eigenvalue weighted by atomic mass is 19.4. The number of benzene rings is 1. The third-order valence-corrected chi connectivity index (χ3v) is 6.94. The van der Waals surface area contributed by atoms with Gasteiger partial charge in [0.25, 0.3) is 0 Å². The molecule has 0 radical (unpaired) electrons. The molecule has 2 fully saturated rings. The Morgan fingerprint density at radius 2 is 1.57 bits per heavy atom. The van der Waals surface area contributed by atoms with E-state index < -0.39 is 28.9 Å². The number of piperidine rings is 1. The highest BCUT2D eigenvalue weighted by Crippen LogP contribution is 2.40. The van der Waals surface area contributed by atoms with Crippen molar-refractivity contribution in [2.24, 2.45) is 17.3 Å². The van der Waals surface area contributed by atoms with Crippen molar-refractivity contribution in [3.8, 4) is 0 Å². The van der Waals surface area contributed by atoms with E-state index in [1.165, 1.54) is 4.90 Å². The second-order valence-electron chi connectivity index (χ2n) is 10.3. The Hall–Kier alpha value is -1.81. The average Bonchev–Trinajstić information content (AvgIpc) is 2.77. The van der Waals surface area contributed by atoms with Crippen LogP contribution in [0.2, 0.25) is 0 Å². The Labute approximate surface area is 202 Å². The lowest BCUT2D eigenvalue weighted by molar-refractivity contribution is -0.147. The number of alkyl halides is 6. The van der Waals surface area contributed by atoms with Crippen LogP contribution in [0.5, 0.6) is 0 Å². The van der Waals surface area contributed by atoms with Crippen LogP contribution in [0, 0.1) is 17.3 Å². The lowest BCUT2D eigenvalue weighted by Gasteiger charge is -2.42. The first-order valence-electron chi connectivity index (χ1n) is 12.2. The molecule has 2 saturated heterocycles. The third-order valence-electron chi connectivity index (χ3n) is 6.94. The molecule has 0 saturated carbocycles. The van der Waals surface area contributed by atoms with Gasteiger partial charge in [-0.1, -0.05) is 13.8 Å². The van der Waals surface area contributed by atoms with E-state index in [0.717, 1.165) is 12.1 Å². The van der Waals surface area contributed by atoms with Crippen LogP contribution in [0.3, 0.4) is 0 Å². The van der Waals surface area contributed by atoms with Crippen molar-refractivity contribution in [2.45, 2.75) is 64.8 Å². The second-order valence-corrected chi connectivity index (χ2v) is 10.3. The first kappa shape index (κ1) is 27.8. The molecule has 1 aromatic rings. The minimum atomic E-state index is -4.93. The van der Waals surface area contributed by atoms with Crippen LogP contribution in [-0.2, 0) is 28.4 Å². The van der Waals surface area contributed by atoms with Crippen molar-refractivity contribution in [3.63, 3.8) is 0 Å². The van der Waals surface area contributed by atoms with Gasteiger partial charge in [0, 0.05) is 26.3 Å². The molecule has 198 valence electrons. The summed E-state index contributed by atoms with van der Waals surface area (Å²) in [6.45, 7) is 6.36. The van der Waals surface area contributed by atoms with Gasteiger partial charge in [0.2, 0.25) is 5.91 Å². The molecule has 3 rings (SSSR count). The molecule has 1 amide bonds. The SMILES string of the molecule is CC(C)CC1(C(=O)N(Cc2cc(C(F)(F)F)cc(C(F)(F)F)c2)CC2CCOCC2)CCNCC1. The maximum atomic E-state index is 14.0. The van der Waals surface area contributed by atoms with Crippen LogP contribution in [-0.4, -0.2) is 43.7 Å². The van der Waals surface area contributed by atoms with Gasteiger partial charge in [-0.2, -0.15) is 26.3 Å². The fourth-order valence-corrected chi connectivity index (χ4v) is 5.32. The summed E-state index contributed by atoms with van der Waals surface area (Å²) < 4.78 is 86.0.